The Morgan fingerprint density at radius 3 is 2.76 bits per heavy atom. The molecule has 25 heavy (non-hydrogen) atoms. The Bertz CT molecular complexity index is 596. The van der Waals surface area contributed by atoms with Gasteiger partial charge in [0.05, 0.1) is 6.04 Å². The van der Waals surface area contributed by atoms with Crippen LogP contribution in [0.15, 0.2) is 24.3 Å². The summed E-state index contributed by atoms with van der Waals surface area (Å²) in [6.07, 6.45) is 0.799. The topological polar surface area (TPSA) is 90.7 Å². The van der Waals surface area contributed by atoms with Crippen LogP contribution in [-0.4, -0.2) is 36.7 Å². The summed E-state index contributed by atoms with van der Waals surface area (Å²) in [5, 5.41) is 2.54. The number of nitrogens with one attached hydrogen (secondary N) is 1. The molecule has 0 saturated carbocycles. The van der Waals surface area contributed by atoms with Gasteiger partial charge in [-0.25, -0.2) is 0 Å². The van der Waals surface area contributed by atoms with Gasteiger partial charge in [0, 0.05) is 6.42 Å². The van der Waals surface area contributed by atoms with E-state index in [1.165, 1.54) is 0 Å². The lowest BCUT2D eigenvalue weighted by molar-refractivity contribution is -0.154. The third kappa shape index (κ3) is 5.61. The molecule has 3 N–H and O–H groups in total. The van der Waals surface area contributed by atoms with E-state index in [2.05, 4.69) is 5.32 Å². The number of hydrogen-bond donors (Lipinski definition) is 2. The van der Waals surface area contributed by atoms with Crippen molar-refractivity contribution in [3.05, 3.63) is 29.8 Å². The number of nitrogens with two attached hydrogens (primary N) is 1. The Labute approximate surface area is 154 Å². The monoisotopic (exact) mass is 370 g/mol. The Morgan fingerprint density at radius 2 is 2.08 bits per heavy atom. The Balaban J connectivity index is 0.00000312. The SMILES string of the molecule is CC[C@H](C)[C@H](N)C(=O)NCC(=O)OC1Cc2ccccc2OC1C.Cl. The molecule has 1 aromatic carbocycles. The fourth-order valence-electron chi connectivity index (χ4n) is 2.58. The molecule has 0 radical (unpaired) electrons. The molecule has 1 amide bonds. The Hall–Kier alpha value is -1.79. The zero-order valence-electron chi connectivity index (χ0n) is 14.9. The number of amides is 1. The van der Waals surface area contributed by atoms with Gasteiger partial charge in [-0.3, -0.25) is 9.59 Å². The highest BCUT2D eigenvalue weighted by Gasteiger charge is 2.30. The fourth-order valence-corrected chi connectivity index (χ4v) is 2.58. The van der Waals surface area contributed by atoms with Crippen LogP contribution in [0, 0.1) is 5.92 Å². The number of rotatable bonds is 6. The quantitative estimate of drug-likeness (QED) is 0.745. The summed E-state index contributed by atoms with van der Waals surface area (Å²) in [6.45, 7) is 5.55. The summed E-state index contributed by atoms with van der Waals surface area (Å²) < 4.78 is 11.2. The zero-order valence-corrected chi connectivity index (χ0v) is 15.7. The van der Waals surface area contributed by atoms with Crippen molar-refractivity contribution in [1.29, 1.82) is 0 Å². The van der Waals surface area contributed by atoms with Crippen LogP contribution in [0.2, 0.25) is 0 Å². The molecule has 0 bridgehead atoms. The molecular formula is C18H27ClN2O4. The molecule has 0 saturated heterocycles. The highest BCUT2D eigenvalue weighted by Crippen LogP contribution is 2.28. The maximum Gasteiger partial charge on any atom is 0.325 e. The predicted octanol–water partition coefficient (Wildman–Crippen LogP) is 1.83. The highest BCUT2D eigenvalue weighted by atomic mass is 35.5. The minimum Gasteiger partial charge on any atom is -0.487 e. The minimum atomic E-state index is -0.619. The second-order valence-electron chi connectivity index (χ2n) is 6.29. The van der Waals surface area contributed by atoms with Crippen molar-refractivity contribution < 1.29 is 19.1 Å². The maximum atomic E-state index is 12.0. The molecule has 0 aliphatic carbocycles. The van der Waals surface area contributed by atoms with Crippen LogP contribution in [0.25, 0.3) is 0 Å². The van der Waals surface area contributed by atoms with Crippen LogP contribution >= 0.6 is 12.4 Å². The van der Waals surface area contributed by atoms with E-state index in [0.717, 1.165) is 17.7 Å². The van der Waals surface area contributed by atoms with Gasteiger partial charge in [-0.05, 0) is 24.5 Å². The summed E-state index contributed by atoms with van der Waals surface area (Å²) >= 11 is 0. The predicted molar refractivity (Wildman–Crippen MR) is 97.8 cm³/mol. The van der Waals surface area contributed by atoms with Gasteiger partial charge in [0.2, 0.25) is 5.91 Å². The van der Waals surface area contributed by atoms with Crippen molar-refractivity contribution in [3.8, 4) is 5.75 Å². The van der Waals surface area contributed by atoms with Gasteiger partial charge in [0.15, 0.2) is 0 Å². The van der Waals surface area contributed by atoms with Crippen molar-refractivity contribution in [2.45, 2.75) is 51.9 Å². The molecule has 0 fully saturated rings. The second kappa shape index (κ2) is 9.63. The summed E-state index contributed by atoms with van der Waals surface area (Å²) in [5.74, 6) is 0.0635. The fraction of sp³-hybridized carbons (Fsp3) is 0.556. The van der Waals surface area contributed by atoms with Crippen molar-refractivity contribution in [2.24, 2.45) is 11.7 Å². The van der Waals surface area contributed by atoms with E-state index in [9.17, 15) is 9.59 Å². The molecular weight excluding hydrogens is 344 g/mol. The molecule has 1 aliphatic heterocycles. The average molecular weight is 371 g/mol. The third-order valence-electron chi connectivity index (χ3n) is 4.48. The van der Waals surface area contributed by atoms with E-state index in [1.807, 2.05) is 45.0 Å². The normalized spacial score (nSPS) is 21.0. The Morgan fingerprint density at radius 1 is 1.40 bits per heavy atom. The number of carbonyl (C=O) groups excluding carboxylic acids is 2. The van der Waals surface area contributed by atoms with Crippen LogP contribution in [-0.2, 0) is 20.7 Å². The average Bonchev–Trinajstić information content (AvgIpc) is 2.58. The molecule has 0 spiro atoms. The molecule has 2 rings (SSSR count). The number of carbonyl (C=O) groups is 2. The standard InChI is InChI=1S/C18H26N2O4.ClH/c1-4-11(2)17(19)18(22)20-10-16(21)24-15-9-13-7-5-6-8-14(13)23-12(15)3;/h5-8,11-12,15,17H,4,9-10,19H2,1-3H3,(H,20,22);1H/t11-,12?,15?,17-;/m0./s1. The van der Waals surface area contributed by atoms with E-state index in [4.69, 9.17) is 15.2 Å². The van der Waals surface area contributed by atoms with E-state index in [-0.39, 0.29) is 43.0 Å². The van der Waals surface area contributed by atoms with E-state index >= 15 is 0 Å². The van der Waals surface area contributed by atoms with Gasteiger partial charge in [0.1, 0.15) is 24.5 Å². The van der Waals surface area contributed by atoms with Gasteiger partial charge in [-0.2, -0.15) is 0 Å². The molecule has 6 nitrogen and oxygen atoms in total. The first kappa shape index (κ1) is 21.3. The lowest BCUT2D eigenvalue weighted by atomic mass is 9.99. The molecule has 7 heteroatoms. The van der Waals surface area contributed by atoms with Gasteiger partial charge >= 0.3 is 5.97 Å². The van der Waals surface area contributed by atoms with Gasteiger partial charge in [0.25, 0.3) is 0 Å². The summed E-state index contributed by atoms with van der Waals surface area (Å²) in [4.78, 5) is 23.9. The second-order valence-corrected chi connectivity index (χ2v) is 6.29. The molecule has 1 heterocycles. The van der Waals surface area contributed by atoms with Crippen molar-refractivity contribution >= 4 is 24.3 Å². The third-order valence-corrected chi connectivity index (χ3v) is 4.48. The zero-order chi connectivity index (χ0) is 17.7. The number of esters is 1. The molecule has 4 atom stereocenters. The van der Waals surface area contributed by atoms with E-state index in [1.54, 1.807) is 0 Å². The van der Waals surface area contributed by atoms with Crippen molar-refractivity contribution in [3.63, 3.8) is 0 Å². The number of hydrogen-bond acceptors (Lipinski definition) is 5. The summed E-state index contributed by atoms with van der Waals surface area (Å²) in [6, 6.07) is 7.07. The molecule has 140 valence electrons. The van der Waals surface area contributed by atoms with Crippen LogP contribution in [0.4, 0.5) is 0 Å². The molecule has 1 aromatic rings. The number of benzene rings is 1. The van der Waals surface area contributed by atoms with Crippen LogP contribution in [0.3, 0.4) is 0 Å². The first-order valence-corrected chi connectivity index (χ1v) is 8.39. The highest BCUT2D eigenvalue weighted by molar-refractivity contribution is 5.86. The van der Waals surface area contributed by atoms with Crippen molar-refractivity contribution in [2.75, 3.05) is 6.54 Å². The lowest BCUT2D eigenvalue weighted by Gasteiger charge is -2.31. The maximum absolute atomic E-state index is 12.0. The first-order chi connectivity index (χ1) is 11.4. The first-order valence-electron chi connectivity index (χ1n) is 8.39. The van der Waals surface area contributed by atoms with Crippen LogP contribution < -0.4 is 15.8 Å². The van der Waals surface area contributed by atoms with Crippen LogP contribution in [0.1, 0.15) is 32.8 Å². The number of ether oxygens (including phenoxy) is 2. The van der Waals surface area contributed by atoms with Gasteiger partial charge < -0.3 is 20.5 Å². The van der Waals surface area contributed by atoms with E-state index < -0.39 is 12.0 Å². The smallest absolute Gasteiger partial charge is 0.325 e. The van der Waals surface area contributed by atoms with Crippen LogP contribution in [0.5, 0.6) is 5.75 Å². The van der Waals surface area contributed by atoms with E-state index in [0.29, 0.717) is 6.42 Å². The molecule has 1 aliphatic rings. The summed E-state index contributed by atoms with van der Waals surface area (Å²) in [5.41, 5.74) is 6.84. The van der Waals surface area contributed by atoms with Gasteiger partial charge in [-0.15, -0.1) is 12.4 Å². The number of para-hydroxylation sites is 1. The molecule has 2 unspecified atom stereocenters. The lowest BCUT2D eigenvalue weighted by Crippen LogP contribution is -2.47. The molecule has 0 aromatic heterocycles. The minimum absolute atomic E-state index is 0. The Kier molecular flexibility index (Phi) is 8.19. The van der Waals surface area contributed by atoms with Crippen molar-refractivity contribution in [1.82, 2.24) is 5.32 Å². The largest absolute Gasteiger partial charge is 0.487 e. The number of fused-ring (bicyclic) bond motifs is 1. The number of halogens is 1. The van der Waals surface area contributed by atoms with Gasteiger partial charge in [-0.1, -0.05) is 38.5 Å². The summed E-state index contributed by atoms with van der Waals surface area (Å²) in [7, 11) is 0.